The van der Waals surface area contributed by atoms with E-state index in [1.807, 2.05) is 0 Å². The van der Waals surface area contributed by atoms with Crippen LogP contribution in [0.2, 0.25) is 0 Å². The zero-order valence-electron chi connectivity index (χ0n) is 22.2. The Kier molecular flexibility index (Phi) is 19.9. The summed E-state index contributed by atoms with van der Waals surface area (Å²) in [7, 11) is 0.863. The number of rotatable bonds is 19. The van der Waals surface area contributed by atoms with Gasteiger partial charge in [-0.25, -0.2) is 0 Å². The lowest BCUT2D eigenvalue weighted by molar-refractivity contribution is -0.890. The summed E-state index contributed by atoms with van der Waals surface area (Å²) >= 11 is 0. The topological polar surface area (TPSA) is 54.4 Å². The van der Waals surface area contributed by atoms with Gasteiger partial charge in [0, 0.05) is 0 Å². The molecule has 0 unspecified atom stereocenters. The van der Waals surface area contributed by atoms with Crippen molar-refractivity contribution in [3.8, 4) is 0 Å². The lowest BCUT2D eigenvalue weighted by Gasteiger charge is -2.30. The van der Waals surface area contributed by atoms with Crippen LogP contribution in [0.5, 0.6) is 0 Å². The molecule has 1 rings (SSSR count). The lowest BCUT2D eigenvalue weighted by Crippen LogP contribution is -2.41. The maximum Gasteiger partial charge on any atom is 0.294 e. The Hall–Kier alpha value is -0.910. The van der Waals surface area contributed by atoms with Crippen molar-refractivity contribution in [1.29, 1.82) is 0 Å². The van der Waals surface area contributed by atoms with Crippen molar-refractivity contribution in [2.75, 3.05) is 27.2 Å². The summed E-state index contributed by atoms with van der Waals surface area (Å²) in [5.41, 5.74) is 0. The van der Waals surface area contributed by atoms with Crippen LogP contribution in [0.25, 0.3) is 0 Å². The van der Waals surface area contributed by atoms with E-state index in [1.54, 1.807) is 18.2 Å². The molecular weight excluding hydrogens is 430 g/mol. The van der Waals surface area contributed by atoms with E-state index in [4.69, 9.17) is 4.55 Å². The number of benzene rings is 1. The summed E-state index contributed by atoms with van der Waals surface area (Å²) in [6.45, 7) is 7.36. The quantitative estimate of drug-likeness (QED) is 0.122. The van der Waals surface area contributed by atoms with Crippen LogP contribution >= 0.6 is 0 Å². The molecule has 1 N–H and O–H groups in total. The maximum absolute atomic E-state index is 10.4. The second-order valence-electron chi connectivity index (χ2n) is 10.1. The van der Waals surface area contributed by atoms with Crippen LogP contribution in [0.4, 0.5) is 0 Å². The van der Waals surface area contributed by atoms with E-state index in [9.17, 15) is 8.42 Å². The highest BCUT2D eigenvalue weighted by molar-refractivity contribution is 7.85. The largest absolute Gasteiger partial charge is 0.328 e. The Morgan fingerprint density at radius 2 is 0.939 bits per heavy atom. The minimum absolute atomic E-state index is 0.0741. The molecule has 0 fully saturated rings. The molecule has 0 aromatic heterocycles. The summed E-state index contributed by atoms with van der Waals surface area (Å²) in [5.74, 6) is 0. The van der Waals surface area contributed by atoms with Crippen molar-refractivity contribution in [1.82, 2.24) is 0 Å². The number of unbranched alkanes of at least 4 members (excludes halogenated alkanes) is 14. The van der Waals surface area contributed by atoms with Gasteiger partial charge < -0.3 is 4.48 Å². The monoisotopic (exact) mass is 484 g/mol. The third-order valence-corrected chi connectivity index (χ3v) is 7.14. The standard InChI is InChI=1S/C22H48N.C6H6O3S/c1-5-7-9-11-13-15-17-19-21-23(3,4)22-20-18-16-14-12-10-8-6-2;7-10(8,9)6-4-2-1-3-5-6/h5-22H2,1-4H3;1-5H,(H,7,8,9)/q+1;. The van der Waals surface area contributed by atoms with Gasteiger partial charge in [0.05, 0.1) is 32.1 Å². The Labute approximate surface area is 206 Å². The normalized spacial score (nSPS) is 11.8. The van der Waals surface area contributed by atoms with Crippen molar-refractivity contribution in [2.24, 2.45) is 0 Å². The van der Waals surface area contributed by atoms with Gasteiger partial charge in [-0.15, -0.1) is 0 Å². The summed E-state index contributed by atoms with van der Waals surface area (Å²) in [6, 6.07) is 7.42. The first-order valence-electron chi connectivity index (χ1n) is 13.6. The molecule has 0 heterocycles. The van der Waals surface area contributed by atoms with E-state index in [1.165, 1.54) is 132 Å². The molecule has 1 aromatic carbocycles. The van der Waals surface area contributed by atoms with Gasteiger partial charge in [0.25, 0.3) is 10.1 Å². The minimum atomic E-state index is -4.00. The molecule has 0 bridgehead atoms. The molecule has 5 heteroatoms. The minimum Gasteiger partial charge on any atom is -0.328 e. The van der Waals surface area contributed by atoms with Gasteiger partial charge in [-0.3, -0.25) is 4.55 Å². The Bertz CT molecular complexity index is 622. The highest BCUT2D eigenvalue weighted by Crippen LogP contribution is 2.13. The Morgan fingerprint density at radius 1 is 0.606 bits per heavy atom. The fourth-order valence-corrected chi connectivity index (χ4v) is 4.55. The first-order valence-corrected chi connectivity index (χ1v) is 15.0. The van der Waals surface area contributed by atoms with Crippen LogP contribution in [0.15, 0.2) is 35.2 Å². The van der Waals surface area contributed by atoms with Crippen LogP contribution in [-0.2, 0) is 10.1 Å². The van der Waals surface area contributed by atoms with Gasteiger partial charge in [-0.05, 0) is 37.8 Å². The van der Waals surface area contributed by atoms with E-state index in [-0.39, 0.29) is 4.90 Å². The molecule has 0 saturated heterocycles. The smallest absolute Gasteiger partial charge is 0.294 e. The van der Waals surface area contributed by atoms with Crippen LogP contribution < -0.4 is 0 Å². The molecule has 33 heavy (non-hydrogen) atoms. The van der Waals surface area contributed by atoms with Crippen LogP contribution in [0.1, 0.15) is 117 Å². The summed E-state index contributed by atoms with van der Waals surface area (Å²) in [6.07, 6.45) is 23.0. The van der Waals surface area contributed by atoms with Gasteiger partial charge in [0.2, 0.25) is 0 Å². The first-order chi connectivity index (χ1) is 15.7. The van der Waals surface area contributed by atoms with Crippen LogP contribution in [0, 0.1) is 0 Å². The number of quaternary nitrogens is 1. The SMILES string of the molecule is CCCCCCCCCC[N+](C)(C)CCCCCCCCCC.O=S(=O)(O)c1ccccc1. The third kappa shape index (κ3) is 21.4. The molecule has 0 aliphatic heterocycles. The predicted octanol–water partition coefficient (Wildman–Crippen LogP) is 8.28. The molecule has 0 atom stereocenters. The van der Waals surface area contributed by atoms with E-state index in [2.05, 4.69) is 27.9 Å². The number of hydrogen-bond donors (Lipinski definition) is 1. The zero-order chi connectivity index (χ0) is 24.8. The van der Waals surface area contributed by atoms with Gasteiger partial charge in [-0.2, -0.15) is 8.42 Å². The second kappa shape index (κ2) is 20.5. The van der Waals surface area contributed by atoms with E-state index >= 15 is 0 Å². The van der Waals surface area contributed by atoms with Gasteiger partial charge in [0.15, 0.2) is 0 Å². The maximum atomic E-state index is 10.4. The van der Waals surface area contributed by atoms with E-state index < -0.39 is 10.1 Å². The summed E-state index contributed by atoms with van der Waals surface area (Å²) in [4.78, 5) is -0.0741. The molecule has 194 valence electrons. The van der Waals surface area contributed by atoms with E-state index in [0.29, 0.717) is 0 Å². The van der Waals surface area contributed by atoms with Crippen molar-refractivity contribution in [2.45, 2.75) is 121 Å². The average molecular weight is 485 g/mol. The van der Waals surface area contributed by atoms with Gasteiger partial charge >= 0.3 is 0 Å². The van der Waals surface area contributed by atoms with Crippen molar-refractivity contribution < 1.29 is 17.5 Å². The fourth-order valence-electron chi connectivity index (χ4n) is 4.05. The third-order valence-electron chi connectivity index (χ3n) is 6.28. The molecule has 0 spiro atoms. The molecule has 0 amide bonds. The zero-order valence-corrected chi connectivity index (χ0v) is 23.1. The fraction of sp³-hybridized carbons (Fsp3) is 0.786. The molecule has 4 nitrogen and oxygen atoms in total. The van der Waals surface area contributed by atoms with E-state index in [0.717, 1.165) is 0 Å². The van der Waals surface area contributed by atoms with Gasteiger partial charge in [0.1, 0.15) is 0 Å². The lowest BCUT2D eigenvalue weighted by atomic mass is 10.1. The Morgan fingerprint density at radius 3 is 1.24 bits per heavy atom. The first kappa shape index (κ1) is 32.1. The number of hydrogen-bond acceptors (Lipinski definition) is 2. The average Bonchev–Trinajstić information content (AvgIpc) is 2.78. The summed E-state index contributed by atoms with van der Waals surface area (Å²) < 4.78 is 30.5. The predicted molar refractivity (Wildman–Crippen MR) is 143 cm³/mol. The van der Waals surface area contributed by atoms with Gasteiger partial charge in [-0.1, -0.05) is 109 Å². The molecule has 0 radical (unpaired) electrons. The highest BCUT2D eigenvalue weighted by atomic mass is 32.2. The summed E-state index contributed by atoms with van der Waals surface area (Å²) in [5, 5.41) is 0. The van der Waals surface area contributed by atoms with Crippen molar-refractivity contribution in [3.63, 3.8) is 0 Å². The molecular formula is C28H54NO3S+. The van der Waals surface area contributed by atoms with Crippen molar-refractivity contribution >= 4 is 10.1 Å². The van der Waals surface area contributed by atoms with Crippen LogP contribution in [-0.4, -0.2) is 44.6 Å². The number of nitrogens with zero attached hydrogens (tertiary/aromatic N) is 1. The Balaban J connectivity index is 0.000000843. The molecule has 0 aliphatic rings. The highest BCUT2D eigenvalue weighted by Gasteiger charge is 2.13. The molecule has 1 aromatic rings. The molecule has 0 saturated carbocycles. The second-order valence-corrected chi connectivity index (χ2v) is 11.5. The van der Waals surface area contributed by atoms with Crippen LogP contribution in [0.3, 0.4) is 0 Å². The molecule has 0 aliphatic carbocycles. The van der Waals surface area contributed by atoms with Crippen molar-refractivity contribution in [3.05, 3.63) is 30.3 Å².